The highest BCUT2D eigenvalue weighted by atomic mass is 32.1. The molecule has 1 unspecified atom stereocenters. The maximum Gasteiger partial charge on any atom is 0.350 e. The van der Waals surface area contributed by atoms with E-state index in [9.17, 15) is 4.79 Å². The Labute approximate surface area is 186 Å². The first-order valence-electron chi connectivity index (χ1n) is 10.1. The molecule has 0 saturated heterocycles. The second kappa shape index (κ2) is 10.7. The average Bonchev–Trinajstić information content (AvgIpc) is 3.41. The van der Waals surface area contributed by atoms with E-state index < -0.39 is 0 Å². The van der Waals surface area contributed by atoms with Gasteiger partial charge in [0.25, 0.3) is 0 Å². The lowest BCUT2D eigenvalue weighted by Gasteiger charge is -2.16. The number of rotatable bonds is 8. The molecular weight excluding hydrogens is 412 g/mol. The van der Waals surface area contributed by atoms with Crippen LogP contribution in [0.25, 0.3) is 0 Å². The maximum atomic E-state index is 12.1. The number of guanidine groups is 1. The van der Waals surface area contributed by atoms with Crippen molar-refractivity contribution in [1.82, 2.24) is 25.2 Å². The van der Waals surface area contributed by atoms with Gasteiger partial charge in [0.1, 0.15) is 9.88 Å². The number of benzene rings is 1. The standard InChI is InChI=1S/C22H28N6O2S/c1-5-30-21(29)19-15(2)26-20(31-19)16(3)27-22(23-4)25-12-17-7-6-8-18(11-17)13-28-10-9-24-14-28/h6-11,14,16H,5,12-13H2,1-4H3,(H2,23,25,27). The number of ether oxygens (including phenoxy) is 1. The van der Waals surface area contributed by atoms with Crippen LogP contribution < -0.4 is 10.6 Å². The molecule has 0 fully saturated rings. The largest absolute Gasteiger partial charge is 0.462 e. The Morgan fingerprint density at radius 3 is 2.87 bits per heavy atom. The van der Waals surface area contributed by atoms with Gasteiger partial charge in [0, 0.05) is 32.5 Å². The van der Waals surface area contributed by atoms with Crippen LogP contribution in [0.2, 0.25) is 0 Å². The highest BCUT2D eigenvalue weighted by molar-refractivity contribution is 7.13. The number of aryl methyl sites for hydroxylation is 1. The minimum atomic E-state index is -0.325. The van der Waals surface area contributed by atoms with Crippen LogP contribution in [0.1, 0.15) is 51.4 Å². The normalized spacial score (nSPS) is 12.5. The van der Waals surface area contributed by atoms with E-state index >= 15 is 0 Å². The Bertz CT molecular complexity index is 1030. The third kappa shape index (κ3) is 6.14. The average molecular weight is 441 g/mol. The van der Waals surface area contributed by atoms with E-state index in [0.29, 0.717) is 29.7 Å². The van der Waals surface area contributed by atoms with Gasteiger partial charge in [-0.15, -0.1) is 11.3 Å². The number of nitrogens with zero attached hydrogens (tertiary/aromatic N) is 4. The molecule has 1 atom stereocenters. The van der Waals surface area contributed by atoms with Crippen LogP contribution in [0.3, 0.4) is 0 Å². The Balaban J connectivity index is 1.58. The molecule has 2 heterocycles. The second-order valence-electron chi connectivity index (χ2n) is 7.03. The summed E-state index contributed by atoms with van der Waals surface area (Å²) in [6, 6.07) is 8.30. The summed E-state index contributed by atoms with van der Waals surface area (Å²) in [7, 11) is 1.73. The molecule has 0 saturated carbocycles. The molecule has 0 aliphatic carbocycles. The summed E-state index contributed by atoms with van der Waals surface area (Å²) < 4.78 is 7.14. The maximum absolute atomic E-state index is 12.1. The quantitative estimate of drug-likeness (QED) is 0.317. The van der Waals surface area contributed by atoms with Gasteiger partial charge in [0.05, 0.1) is 24.7 Å². The number of hydrogen-bond acceptors (Lipinski definition) is 6. The molecule has 0 spiro atoms. The molecule has 2 N–H and O–H groups in total. The number of thiazole rings is 1. The summed E-state index contributed by atoms with van der Waals surface area (Å²) >= 11 is 1.35. The number of esters is 1. The predicted octanol–water partition coefficient (Wildman–Crippen LogP) is 3.30. The first-order valence-corrected chi connectivity index (χ1v) is 11.0. The van der Waals surface area contributed by atoms with Crippen LogP contribution in [0.15, 0.2) is 48.0 Å². The van der Waals surface area contributed by atoms with Gasteiger partial charge in [-0.25, -0.2) is 14.8 Å². The fourth-order valence-electron chi connectivity index (χ4n) is 3.06. The molecular formula is C22H28N6O2S. The topological polar surface area (TPSA) is 93.4 Å². The minimum absolute atomic E-state index is 0.106. The minimum Gasteiger partial charge on any atom is -0.462 e. The van der Waals surface area contributed by atoms with Crippen LogP contribution in [0, 0.1) is 6.92 Å². The van der Waals surface area contributed by atoms with Crippen molar-refractivity contribution in [2.24, 2.45) is 4.99 Å². The number of carbonyl (C=O) groups excluding carboxylic acids is 1. The van der Waals surface area contributed by atoms with E-state index in [0.717, 1.165) is 17.1 Å². The first kappa shape index (κ1) is 22.5. The molecule has 2 aromatic heterocycles. The molecule has 0 aliphatic heterocycles. The van der Waals surface area contributed by atoms with E-state index in [1.54, 1.807) is 20.2 Å². The molecule has 31 heavy (non-hydrogen) atoms. The van der Waals surface area contributed by atoms with Gasteiger partial charge in [-0.1, -0.05) is 24.3 Å². The third-order valence-electron chi connectivity index (χ3n) is 4.60. The molecule has 3 rings (SSSR count). The number of aliphatic imine (C=N–C) groups is 1. The monoisotopic (exact) mass is 440 g/mol. The summed E-state index contributed by atoms with van der Waals surface area (Å²) in [6.07, 6.45) is 5.54. The Kier molecular flexibility index (Phi) is 7.77. The summed E-state index contributed by atoms with van der Waals surface area (Å²) in [6.45, 7) is 7.37. The van der Waals surface area contributed by atoms with Gasteiger partial charge in [-0.3, -0.25) is 4.99 Å². The molecule has 0 aliphatic rings. The highest BCUT2D eigenvalue weighted by Gasteiger charge is 2.20. The van der Waals surface area contributed by atoms with Crippen molar-refractivity contribution in [2.45, 2.75) is 39.9 Å². The van der Waals surface area contributed by atoms with Crippen LogP contribution in [0.5, 0.6) is 0 Å². The molecule has 9 heteroatoms. The lowest BCUT2D eigenvalue weighted by Crippen LogP contribution is -2.38. The Morgan fingerprint density at radius 2 is 2.16 bits per heavy atom. The van der Waals surface area contributed by atoms with E-state index in [-0.39, 0.29) is 12.0 Å². The highest BCUT2D eigenvalue weighted by Crippen LogP contribution is 2.24. The van der Waals surface area contributed by atoms with Crippen molar-refractivity contribution >= 4 is 23.3 Å². The second-order valence-corrected chi connectivity index (χ2v) is 8.06. The van der Waals surface area contributed by atoms with Crippen molar-refractivity contribution in [2.75, 3.05) is 13.7 Å². The fraction of sp³-hybridized carbons (Fsp3) is 0.364. The summed E-state index contributed by atoms with van der Waals surface area (Å²) in [5.41, 5.74) is 3.05. The number of nitrogens with one attached hydrogen (secondary N) is 2. The lowest BCUT2D eigenvalue weighted by molar-refractivity contribution is 0.0531. The number of imidazole rings is 1. The van der Waals surface area contributed by atoms with Gasteiger partial charge in [0.15, 0.2) is 5.96 Å². The summed E-state index contributed by atoms with van der Waals surface area (Å²) in [4.78, 5) is 25.5. The first-order chi connectivity index (χ1) is 15.0. The van der Waals surface area contributed by atoms with Gasteiger partial charge in [0.2, 0.25) is 0 Å². The van der Waals surface area contributed by atoms with E-state index in [4.69, 9.17) is 4.74 Å². The predicted molar refractivity (Wildman–Crippen MR) is 122 cm³/mol. The van der Waals surface area contributed by atoms with Crippen molar-refractivity contribution in [3.8, 4) is 0 Å². The van der Waals surface area contributed by atoms with Gasteiger partial charge in [-0.2, -0.15) is 0 Å². The molecule has 8 nitrogen and oxygen atoms in total. The van der Waals surface area contributed by atoms with Crippen molar-refractivity contribution in [3.05, 3.63) is 69.7 Å². The molecule has 0 amide bonds. The van der Waals surface area contributed by atoms with Crippen LogP contribution >= 0.6 is 11.3 Å². The van der Waals surface area contributed by atoms with E-state index in [1.165, 1.54) is 16.9 Å². The SMILES string of the molecule is CCOC(=O)c1sc(C(C)NC(=NC)NCc2cccc(Cn3ccnc3)c2)nc1C. The zero-order chi connectivity index (χ0) is 22.2. The number of aromatic nitrogens is 3. The molecule has 3 aromatic rings. The van der Waals surface area contributed by atoms with Crippen molar-refractivity contribution in [1.29, 1.82) is 0 Å². The van der Waals surface area contributed by atoms with Gasteiger partial charge < -0.3 is 19.9 Å². The third-order valence-corrected chi connectivity index (χ3v) is 5.92. The molecule has 0 radical (unpaired) electrons. The van der Waals surface area contributed by atoms with Crippen molar-refractivity contribution < 1.29 is 9.53 Å². The van der Waals surface area contributed by atoms with Crippen LogP contribution in [-0.4, -0.2) is 40.1 Å². The Hall–Kier alpha value is -3.20. The van der Waals surface area contributed by atoms with Crippen LogP contribution in [0.4, 0.5) is 0 Å². The Morgan fingerprint density at radius 1 is 1.35 bits per heavy atom. The summed E-state index contributed by atoms with van der Waals surface area (Å²) in [5, 5.41) is 7.49. The molecule has 0 bridgehead atoms. The fourth-order valence-corrected chi connectivity index (χ4v) is 4.03. The number of carbonyl (C=O) groups is 1. The van der Waals surface area contributed by atoms with E-state index in [2.05, 4.69) is 49.9 Å². The molecule has 1 aromatic carbocycles. The number of hydrogen-bond donors (Lipinski definition) is 2. The van der Waals surface area contributed by atoms with Gasteiger partial charge >= 0.3 is 5.97 Å². The smallest absolute Gasteiger partial charge is 0.350 e. The zero-order valence-corrected chi connectivity index (χ0v) is 19.1. The van der Waals surface area contributed by atoms with Crippen molar-refractivity contribution in [3.63, 3.8) is 0 Å². The summed E-state index contributed by atoms with van der Waals surface area (Å²) in [5.74, 6) is 0.340. The molecule has 164 valence electrons. The van der Waals surface area contributed by atoms with Crippen LogP contribution in [-0.2, 0) is 17.8 Å². The lowest BCUT2D eigenvalue weighted by atomic mass is 10.1. The zero-order valence-electron chi connectivity index (χ0n) is 18.3. The van der Waals surface area contributed by atoms with E-state index in [1.807, 2.05) is 30.9 Å². The van der Waals surface area contributed by atoms with Gasteiger partial charge in [-0.05, 0) is 31.9 Å².